The molecule has 0 aliphatic heterocycles. The van der Waals surface area contributed by atoms with Crippen molar-refractivity contribution in [3.8, 4) is 5.75 Å². The summed E-state index contributed by atoms with van der Waals surface area (Å²) >= 11 is 0. The maximum atomic E-state index is 11.4. The van der Waals surface area contributed by atoms with E-state index in [1.54, 1.807) is 0 Å². The standard InChI is InChI=1S/C23H29N3O2/c1-4-22(27)24-14-8-13-21-25-19-11-5-6-12-20(19)26(21)15-16-28-23-17(2)9-7-10-18(23)3/h5-7,9-12H,4,8,13-16H2,1-3H3,(H,24,27). The van der Waals surface area contributed by atoms with E-state index in [1.165, 1.54) is 0 Å². The third kappa shape index (κ3) is 4.71. The predicted octanol–water partition coefficient (Wildman–Crippen LogP) is 4.19. The number of benzene rings is 2. The molecule has 0 atom stereocenters. The Balaban J connectivity index is 1.69. The summed E-state index contributed by atoms with van der Waals surface area (Å²) in [5, 5.41) is 2.93. The van der Waals surface area contributed by atoms with Gasteiger partial charge in [-0.25, -0.2) is 4.98 Å². The van der Waals surface area contributed by atoms with E-state index in [2.05, 4.69) is 48.0 Å². The molecule has 0 fully saturated rings. The molecule has 2 aromatic carbocycles. The molecule has 0 bridgehead atoms. The van der Waals surface area contributed by atoms with Crippen LogP contribution in [0.4, 0.5) is 0 Å². The Hall–Kier alpha value is -2.82. The van der Waals surface area contributed by atoms with Gasteiger partial charge < -0.3 is 14.6 Å². The predicted molar refractivity (Wildman–Crippen MR) is 113 cm³/mol. The highest BCUT2D eigenvalue weighted by Gasteiger charge is 2.11. The van der Waals surface area contributed by atoms with Crippen molar-refractivity contribution in [3.05, 3.63) is 59.4 Å². The fourth-order valence-corrected chi connectivity index (χ4v) is 3.43. The number of hydrogen-bond donors (Lipinski definition) is 1. The average molecular weight is 380 g/mol. The van der Waals surface area contributed by atoms with Crippen LogP contribution in [-0.4, -0.2) is 28.6 Å². The minimum absolute atomic E-state index is 0.0931. The number of nitrogens with one attached hydrogen (secondary N) is 1. The van der Waals surface area contributed by atoms with Crippen molar-refractivity contribution in [1.29, 1.82) is 0 Å². The lowest BCUT2D eigenvalue weighted by Gasteiger charge is -2.14. The number of aryl methyl sites for hydroxylation is 3. The summed E-state index contributed by atoms with van der Waals surface area (Å²) < 4.78 is 8.35. The lowest BCUT2D eigenvalue weighted by Crippen LogP contribution is -2.24. The number of amides is 1. The summed E-state index contributed by atoms with van der Waals surface area (Å²) in [5.74, 6) is 2.10. The second-order valence-electron chi connectivity index (χ2n) is 7.04. The zero-order valence-electron chi connectivity index (χ0n) is 17.0. The number of hydrogen-bond acceptors (Lipinski definition) is 3. The van der Waals surface area contributed by atoms with Crippen LogP contribution < -0.4 is 10.1 Å². The second kappa shape index (κ2) is 9.40. The first-order valence-corrected chi connectivity index (χ1v) is 10.00. The van der Waals surface area contributed by atoms with E-state index < -0.39 is 0 Å². The minimum atomic E-state index is 0.0931. The molecule has 0 saturated heterocycles. The highest BCUT2D eigenvalue weighted by molar-refractivity contribution is 5.76. The normalized spacial score (nSPS) is 11.0. The summed E-state index contributed by atoms with van der Waals surface area (Å²) in [7, 11) is 0. The number of aromatic nitrogens is 2. The Kier molecular flexibility index (Phi) is 6.69. The SMILES string of the molecule is CCC(=O)NCCCc1nc2ccccc2n1CCOc1c(C)cccc1C. The van der Waals surface area contributed by atoms with Crippen LogP contribution in [0.3, 0.4) is 0 Å². The molecule has 1 N–H and O–H groups in total. The maximum absolute atomic E-state index is 11.4. The highest BCUT2D eigenvalue weighted by Crippen LogP contribution is 2.23. The van der Waals surface area contributed by atoms with Crippen LogP contribution in [0, 0.1) is 13.8 Å². The summed E-state index contributed by atoms with van der Waals surface area (Å²) in [4.78, 5) is 16.2. The molecule has 28 heavy (non-hydrogen) atoms. The topological polar surface area (TPSA) is 56.2 Å². The summed E-state index contributed by atoms with van der Waals surface area (Å²) in [6, 6.07) is 14.4. The van der Waals surface area contributed by atoms with Crippen LogP contribution in [-0.2, 0) is 17.8 Å². The molecule has 5 nitrogen and oxygen atoms in total. The zero-order chi connectivity index (χ0) is 19.9. The molecule has 0 aliphatic carbocycles. The number of rotatable bonds is 9. The average Bonchev–Trinajstić information content (AvgIpc) is 3.05. The summed E-state index contributed by atoms with van der Waals surface area (Å²) in [6.45, 7) is 8.02. The quantitative estimate of drug-likeness (QED) is 0.567. The molecule has 5 heteroatoms. The number of para-hydroxylation sites is 3. The lowest BCUT2D eigenvalue weighted by molar-refractivity contribution is -0.120. The molecule has 1 heterocycles. The molecule has 1 amide bonds. The first-order valence-electron chi connectivity index (χ1n) is 10.00. The zero-order valence-corrected chi connectivity index (χ0v) is 17.0. The Labute approximate surface area is 166 Å². The van der Waals surface area contributed by atoms with Gasteiger partial charge in [-0.1, -0.05) is 37.3 Å². The first-order chi connectivity index (χ1) is 13.6. The van der Waals surface area contributed by atoms with Crippen molar-refractivity contribution in [2.75, 3.05) is 13.2 Å². The largest absolute Gasteiger partial charge is 0.491 e. The monoisotopic (exact) mass is 379 g/mol. The minimum Gasteiger partial charge on any atom is -0.491 e. The number of carbonyl (C=O) groups is 1. The van der Waals surface area contributed by atoms with Crippen molar-refractivity contribution in [3.63, 3.8) is 0 Å². The lowest BCUT2D eigenvalue weighted by atomic mass is 10.1. The smallest absolute Gasteiger partial charge is 0.219 e. The van der Waals surface area contributed by atoms with Crippen LogP contribution in [0.25, 0.3) is 11.0 Å². The van der Waals surface area contributed by atoms with Gasteiger partial charge in [0.05, 0.1) is 17.6 Å². The third-order valence-electron chi connectivity index (χ3n) is 4.92. The van der Waals surface area contributed by atoms with Gasteiger partial charge in [0.1, 0.15) is 18.2 Å². The molecular weight excluding hydrogens is 350 g/mol. The molecule has 3 aromatic rings. The number of fused-ring (bicyclic) bond motifs is 1. The van der Waals surface area contributed by atoms with Gasteiger partial charge in [-0.3, -0.25) is 4.79 Å². The fraction of sp³-hybridized carbons (Fsp3) is 0.391. The molecule has 0 spiro atoms. The van der Waals surface area contributed by atoms with Gasteiger partial charge in [0, 0.05) is 19.4 Å². The number of ether oxygens (including phenoxy) is 1. The first kappa shape index (κ1) is 19.9. The second-order valence-corrected chi connectivity index (χ2v) is 7.04. The van der Waals surface area contributed by atoms with E-state index in [0.29, 0.717) is 19.6 Å². The third-order valence-corrected chi connectivity index (χ3v) is 4.92. The Morgan fingerprint density at radius 3 is 2.61 bits per heavy atom. The highest BCUT2D eigenvalue weighted by atomic mass is 16.5. The summed E-state index contributed by atoms with van der Waals surface area (Å²) in [5.41, 5.74) is 4.44. The van der Waals surface area contributed by atoms with E-state index in [0.717, 1.165) is 53.1 Å². The molecular formula is C23H29N3O2. The summed E-state index contributed by atoms with van der Waals surface area (Å²) in [6.07, 6.45) is 2.21. The molecule has 1 aromatic heterocycles. The van der Waals surface area contributed by atoms with Crippen LogP contribution in [0.5, 0.6) is 5.75 Å². The van der Waals surface area contributed by atoms with Crippen LogP contribution in [0.1, 0.15) is 36.7 Å². The molecule has 148 valence electrons. The maximum Gasteiger partial charge on any atom is 0.219 e. The van der Waals surface area contributed by atoms with Crippen LogP contribution in [0.2, 0.25) is 0 Å². The number of imidazole rings is 1. The molecule has 0 saturated carbocycles. The van der Waals surface area contributed by atoms with Gasteiger partial charge in [-0.15, -0.1) is 0 Å². The van der Waals surface area contributed by atoms with Crippen molar-refractivity contribution in [1.82, 2.24) is 14.9 Å². The molecule has 0 radical (unpaired) electrons. The van der Waals surface area contributed by atoms with Crippen LogP contribution >= 0.6 is 0 Å². The molecule has 0 unspecified atom stereocenters. The number of carbonyl (C=O) groups excluding carboxylic acids is 1. The van der Waals surface area contributed by atoms with E-state index in [1.807, 2.05) is 25.1 Å². The van der Waals surface area contributed by atoms with E-state index >= 15 is 0 Å². The van der Waals surface area contributed by atoms with Gasteiger partial charge in [-0.05, 0) is 43.5 Å². The Morgan fingerprint density at radius 2 is 1.86 bits per heavy atom. The van der Waals surface area contributed by atoms with Gasteiger partial charge in [-0.2, -0.15) is 0 Å². The Morgan fingerprint density at radius 1 is 1.11 bits per heavy atom. The van der Waals surface area contributed by atoms with Crippen molar-refractivity contribution in [2.45, 2.75) is 46.6 Å². The van der Waals surface area contributed by atoms with Gasteiger partial charge in [0.25, 0.3) is 0 Å². The Bertz CT molecular complexity index is 926. The van der Waals surface area contributed by atoms with Crippen molar-refractivity contribution < 1.29 is 9.53 Å². The van der Waals surface area contributed by atoms with E-state index in [9.17, 15) is 4.79 Å². The van der Waals surface area contributed by atoms with E-state index in [4.69, 9.17) is 9.72 Å². The van der Waals surface area contributed by atoms with Gasteiger partial charge >= 0.3 is 0 Å². The van der Waals surface area contributed by atoms with Gasteiger partial charge in [0.15, 0.2) is 0 Å². The van der Waals surface area contributed by atoms with Crippen molar-refractivity contribution >= 4 is 16.9 Å². The van der Waals surface area contributed by atoms with Crippen molar-refractivity contribution in [2.24, 2.45) is 0 Å². The van der Waals surface area contributed by atoms with Gasteiger partial charge in [0.2, 0.25) is 5.91 Å². The fourth-order valence-electron chi connectivity index (χ4n) is 3.43. The number of nitrogens with zero attached hydrogens (tertiary/aromatic N) is 2. The molecule has 3 rings (SSSR count). The molecule has 0 aliphatic rings. The van der Waals surface area contributed by atoms with E-state index in [-0.39, 0.29) is 5.91 Å². The van der Waals surface area contributed by atoms with Crippen LogP contribution in [0.15, 0.2) is 42.5 Å².